The lowest BCUT2D eigenvalue weighted by Gasteiger charge is -2.13. The third kappa shape index (κ3) is 3.67. The van der Waals surface area contributed by atoms with Crippen LogP contribution in [0.15, 0.2) is 42.5 Å². The van der Waals surface area contributed by atoms with Crippen molar-refractivity contribution in [1.82, 2.24) is 0 Å². The van der Waals surface area contributed by atoms with Gasteiger partial charge in [0.2, 0.25) is 0 Å². The lowest BCUT2D eigenvalue weighted by Crippen LogP contribution is -2.29. The van der Waals surface area contributed by atoms with Gasteiger partial charge in [0.1, 0.15) is 0 Å². The van der Waals surface area contributed by atoms with Crippen LogP contribution in [0, 0.1) is 5.92 Å². The maximum absolute atomic E-state index is 12.0. The summed E-state index contributed by atoms with van der Waals surface area (Å²) in [6.45, 7) is 3.05. The molecule has 4 nitrogen and oxygen atoms in total. The van der Waals surface area contributed by atoms with Gasteiger partial charge in [0, 0.05) is 5.56 Å². The van der Waals surface area contributed by atoms with Crippen molar-refractivity contribution < 1.29 is 19.4 Å². The number of esters is 1. The zero-order valence-corrected chi connectivity index (χ0v) is 12.1. The van der Waals surface area contributed by atoms with Gasteiger partial charge in [-0.25, -0.2) is 4.79 Å². The normalized spacial score (nSPS) is 12.4. The van der Waals surface area contributed by atoms with Crippen LogP contribution in [0.3, 0.4) is 0 Å². The number of rotatable bonds is 5. The van der Waals surface area contributed by atoms with Gasteiger partial charge in [-0.05, 0) is 22.8 Å². The van der Waals surface area contributed by atoms with E-state index in [1.807, 2.05) is 30.3 Å². The van der Waals surface area contributed by atoms with E-state index in [4.69, 9.17) is 4.74 Å². The average Bonchev–Trinajstić information content (AvgIpc) is 2.50. The molecule has 0 saturated heterocycles. The second-order valence-electron chi connectivity index (χ2n) is 5.28. The van der Waals surface area contributed by atoms with Crippen molar-refractivity contribution >= 4 is 22.5 Å². The Kier molecular flexibility index (Phi) is 4.70. The van der Waals surface area contributed by atoms with E-state index in [0.717, 1.165) is 10.8 Å². The Morgan fingerprint density at radius 2 is 1.76 bits per heavy atom. The van der Waals surface area contributed by atoms with Crippen molar-refractivity contribution in [3.63, 3.8) is 0 Å². The molecule has 21 heavy (non-hydrogen) atoms. The zero-order valence-electron chi connectivity index (χ0n) is 12.1. The molecule has 0 heterocycles. The third-order valence-electron chi connectivity index (χ3n) is 3.29. The maximum Gasteiger partial charge on any atom is 0.335 e. The number of carbonyl (C=O) groups is 2. The molecule has 1 atom stereocenters. The van der Waals surface area contributed by atoms with Gasteiger partial charge >= 0.3 is 5.97 Å². The number of aliphatic hydroxyl groups excluding tert-OH is 1. The van der Waals surface area contributed by atoms with Gasteiger partial charge < -0.3 is 9.84 Å². The summed E-state index contributed by atoms with van der Waals surface area (Å²) >= 11 is 0. The lowest BCUT2D eigenvalue weighted by molar-refractivity contribution is -0.154. The first-order valence-electron chi connectivity index (χ1n) is 6.85. The highest BCUT2D eigenvalue weighted by molar-refractivity contribution is 6.01. The van der Waals surface area contributed by atoms with Crippen molar-refractivity contribution in [2.75, 3.05) is 6.61 Å². The predicted octanol–water partition coefficient (Wildman–Crippen LogP) is 2.58. The van der Waals surface area contributed by atoms with Gasteiger partial charge in [-0.1, -0.05) is 50.2 Å². The molecule has 0 radical (unpaired) electrons. The van der Waals surface area contributed by atoms with Crippen LogP contribution in [0.1, 0.15) is 24.2 Å². The summed E-state index contributed by atoms with van der Waals surface area (Å²) in [5.41, 5.74) is 0.487. The number of fused-ring (bicyclic) bond motifs is 1. The second kappa shape index (κ2) is 6.50. The molecular formula is C17H18O4. The number of hydrogen-bond acceptors (Lipinski definition) is 4. The second-order valence-corrected chi connectivity index (χ2v) is 5.28. The Labute approximate surface area is 123 Å². The molecule has 0 aliphatic rings. The molecule has 0 saturated carbocycles. The summed E-state index contributed by atoms with van der Waals surface area (Å²) in [6, 6.07) is 13.0. The molecule has 4 heteroatoms. The van der Waals surface area contributed by atoms with Crippen molar-refractivity contribution in [3.8, 4) is 0 Å². The van der Waals surface area contributed by atoms with Crippen LogP contribution in [0.4, 0.5) is 0 Å². The number of ether oxygens (including phenoxy) is 1. The smallest absolute Gasteiger partial charge is 0.335 e. The summed E-state index contributed by atoms with van der Waals surface area (Å²) in [7, 11) is 0. The Morgan fingerprint density at radius 3 is 2.43 bits per heavy atom. The molecule has 1 N–H and O–H groups in total. The van der Waals surface area contributed by atoms with E-state index >= 15 is 0 Å². The van der Waals surface area contributed by atoms with Gasteiger partial charge in [0.15, 0.2) is 18.5 Å². The first-order valence-corrected chi connectivity index (χ1v) is 6.85. The minimum atomic E-state index is -1.20. The van der Waals surface area contributed by atoms with Crippen LogP contribution in [0.5, 0.6) is 0 Å². The minimum Gasteiger partial charge on any atom is -0.455 e. The molecule has 0 bridgehead atoms. The molecule has 110 valence electrons. The molecular weight excluding hydrogens is 268 g/mol. The number of carbonyl (C=O) groups excluding carboxylic acids is 2. The Hall–Kier alpha value is -2.20. The van der Waals surface area contributed by atoms with Gasteiger partial charge in [0.05, 0.1) is 0 Å². The van der Waals surface area contributed by atoms with Crippen molar-refractivity contribution in [2.24, 2.45) is 5.92 Å². The van der Waals surface area contributed by atoms with E-state index in [1.165, 1.54) is 0 Å². The summed E-state index contributed by atoms with van der Waals surface area (Å²) in [5.74, 6) is -1.29. The molecule has 0 unspecified atom stereocenters. The maximum atomic E-state index is 12.0. The van der Waals surface area contributed by atoms with Gasteiger partial charge in [0.25, 0.3) is 0 Å². The molecule has 0 aliphatic heterocycles. The average molecular weight is 286 g/mol. The highest BCUT2D eigenvalue weighted by atomic mass is 16.5. The van der Waals surface area contributed by atoms with Crippen LogP contribution in [-0.2, 0) is 9.53 Å². The fraction of sp³-hybridized carbons (Fsp3) is 0.294. The van der Waals surface area contributed by atoms with E-state index < -0.39 is 12.1 Å². The number of ketones is 1. The summed E-state index contributed by atoms with van der Waals surface area (Å²) in [6.07, 6.45) is -1.20. The molecule has 2 rings (SSSR count). The minimum absolute atomic E-state index is 0.242. The van der Waals surface area contributed by atoms with Crippen LogP contribution < -0.4 is 0 Å². The number of benzene rings is 2. The Bertz CT molecular complexity index is 661. The molecule has 0 amide bonds. The van der Waals surface area contributed by atoms with E-state index in [0.29, 0.717) is 5.56 Å². The van der Waals surface area contributed by atoms with Gasteiger partial charge in [-0.3, -0.25) is 4.79 Å². The third-order valence-corrected chi connectivity index (χ3v) is 3.29. The van der Waals surface area contributed by atoms with E-state index in [-0.39, 0.29) is 18.3 Å². The quantitative estimate of drug-likeness (QED) is 0.678. The standard InChI is InChI=1S/C17H18O4/c1-11(2)16(19)17(20)21-10-15(18)14-8-7-12-5-3-4-6-13(12)9-14/h3-9,11,16,19H,10H2,1-2H3/t16-/m0/s1. The summed E-state index contributed by atoms with van der Waals surface area (Å²) in [5, 5.41) is 11.5. The molecule has 0 fully saturated rings. The summed E-state index contributed by atoms with van der Waals surface area (Å²) < 4.78 is 4.85. The first kappa shape index (κ1) is 15.2. The van der Waals surface area contributed by atoms with E-state index in [2.05, 4.69) is 0 Å². The van der Waals surface area contributed by atoms with Gasteiger partial charge in [-0.15, -0.1) is 0 Å². The van der Waals surface area contributed by atoms with Crippen LogP contribution in [0.25, 0.3) is 10.8 Å². The zero-order chi connectivity index (χ0) is 15.4. The largest absolute Gasteiger partial charge is 0.455 e. The van der Waals surface area contributed by atoms with Crippen LogP contribution in [0.2, 0.25) is 0 Å². The molecule has 0 spiro atoms. The highest BCUT2D eigenvalue weighted by Gasteiger charge is 2.21. The van der Waals surface area contributed by atoms with Crippen LogP contribution in [-0.4, -0.2) is 29.6 Å². The molecule has 2 aromatic carbocycles. The van der Waals surface area contributed by atoms with Crippen molar-refractivity contribution in [3.05, 3.63) is 48.0 Å². The number of Topliss-reactive ketones (excluding diaryl/α,β-unsaturated/α-hetero) is 1. The first-order chi connectivity index (χ1) is 9.99. The Morgan fingerprint density at radius 1 is 1.10 bits per heavy atom. The van der Waals surface area contributed by atoms with Crippen molar-refractivity contribution in [1.29, 1.82) is 0 Å². The topological polar surface area (TPSA) is 63.6 Å². The SMILES string of the molecule is CC(C)[C@H](O)C(=O)OCC(=O)c1ccc2ccccc2c1. The monoisotopic (exact) mass is 286 g/mol. The van der Waals surface area contributed by atoms with Gasteiger partial charge in [-0.2, -0.15) is 0 Å². The van der Waals surface area contributed by atoms with E-state index in [1.54, 1.807) is 26.0 Å². The Balaban J connectivity index is 2.04. The fourth-order valence-electron chi connectivity index (χ4n) is 1.94. The van der Waals surface area contributed by atoms with Crippen LogP contribution >= 0.6 is 0 Å². The fourth-order valence-corrected chi connectivity index (χ4v) is 1.94. The highest BCUT2D eigenvalue weighted by Crippen LogP contribution is 2.16. The lowest BCUT2D eigenvalue weighted by atomic mass is 10.0. The number of hydrogen-bond donors (Lipinski definition) is 1. The summed E-state index contributed by atoms with van der Waals surface area (Å²) in [4.78, 5) is 23.5. The number of aliphatic hydroxyl groups is 1. The molecule has 0 aliphatic carbocycles. The predicted molar refractivity (Wildman–Crippen MR) is 80.1 cm³/mol. The van der Waals surface area contributed by atoms with Crippen molar-refractivity contribution in [2.45, 2.75) is 20.0 Å². The molecule has 0 aromatic heterocycles. The van der Waals surface area contributed by atoms with E-state index in [9.17, 15) is 14.7 Å². The molecule has 2 aromatic rings.